The van der Waals surface area contributed by atoms with Gasteiger partial charge in [-0.3, -0.25) is 9.69 Å². The highest BCUT2D eigenvalue weighted by Gasteiger charge is 2.36. The highest BCUT2D eigenvalue weighted by Crippen LogP contribution is 2.32. The van der Waals surface area contributed by atoms with Crippen molar-refractivity contribution in [2.24, 2.45) is 5.92 Å². The minimum Gasteiger partial charge on any atom is -0.480 e. The van der Waals surface area contributed by atoms with Gasteiger partial charge in [-0.25, -0.2) is 4.79 Å². The minimum atomic E-state index is -4.67. The van der Waals surface area contributed by atoms with Crippen LogP contribution in [0.5, 0.6) is 0 Å². The van der Waals surface area contributed by atoms with E-state index >= 15 is 0 Å². The van der Waals surface area contributed by atoms with Crippen LogP contribution >= 0.6 is 0 Å². The van der Waals surface area contributed by atoms with Gasteiger partial charge in [0.1, 0.15) is 6.04 Å². The molecule has 2 atom stereocenters. The number of methoxy groups -OCH3 is 1. The predicted molar refractivity (Wildman–Crippen MR) is 97.4 cm³/mol. The second kappa shape index (κ2) is 9.09. The number of aromatic nitrogens is 1. The molecule has 0 aromatic carbocycles. The molecular formula is C19H27F3N2O4. The van der Waals surface area contributed by atoms with Crippen molar-refractivity contribution in [3.8, 4) is 0 Å². The van der Waals surface area contributed by atoms with Crippen molar-refractivity contribution in [2.45, 2.75) is 51.4 Å². The van der Waals surface area contributed by atoms with E-state index in [0.717, 1.165) is 10.8 Å². The molecule has 1 aromatic heterocycles. The van der Waals surface area contributed by atoms with Gasteiger partial charge >= 0.3 is 12.1 Å². The number of carboxylic acid groups (broad SMARTS) is 1. The van der Waals surface area contributed by atoms with Crippen molar-refractivity contribution >= 4 is 5.97 Å². The molecule has 158 valence electrons. The Morgan fingerprint density at radius 1 is 1.39 bits per heavy atom. The standard InChI is InChI=1S/C19H27F3N2O4/c1-4-12(2)7-16(18(26)27)24-9-13(5-6-23-10-14(11-23)28-3)15(8-17(24)25)19(20,21)22/h8-9,12,14,16H,4-7,10-11H2,1-3H3,(H,26,27). The van der Waals surface area contributed by atoms with Crippen molar-refractivity contribution in [3.05, 3.63) is 33.7 Å². The van der Waals surface area contributed by atoms with Crippen LogP contribution in [0.25, 0.3) is 0 Å². The first-order valence-electron chi connectivity index (χ1n) is 9.37. The fraction of sp³-hybridized carbons (Fsp3) is 0.684. The summed E-state index contributed by atoms with van der Waals surface area (Å²) in [5.74, 6) is -1.20. The van der Waals surface area contributed by atoms with Crippen LogP contribution in [0, 0.1) is 5.92 Å². The number of nitrogens with zero attached hydrogens (tertiary/aromatic N) is 2. The summed E-state index contributed by atoms with van der Waals surface area (Å²) in [7, 11) is 1.59. The van der Waals surface area contributed by atoms with Crippen LogP contribution in [0.3, 0.4) is 0 Å². The lowest BCUT2D eigenvalue weighted by Crippen LogP contribution is -2.52. The normalized spacial score (nSPS) is 17.9. The molecule has 0 amide bonds. The molecule has 1 aromatic rings. The maximum atomic E-state index is 13.4. The Bertz CT molecular complexity index is 742. The van der Waals surface area contributed by atoms with Crippen molar-refractivity contribution in [2.75, 3.05) is 26.7 Å². The molecule has 0 aliphatic carbocycles. The predicted octanol–water partition coefficient (Wildman–Crippen LogP) is 2.80. The first kappa shape index (κ1) is 22.4. The fourth-order valence-corrected chi connectivity index (χ4v) is 3.31. The topological polar surface area (TPSA) is 71.8 Å². The molecule has 1 fully saturated rings. The van der Waals surface area contributed by atoms with E-state index in [2.05, 4.69) is 0 Å². The smallest absolute Gasteiger partial charge is 0.416 e. The van der Waals surface area contributed by atoms with Crippen molar-refractivity contribution in [1.82, 2.24) is 9.47 Å². The third-order valence-corrected chi connectivity index (χ3v) is 5.37. The van der Waals surface area contributed by atoms with E-state index in [9.17, 15) is 27.9 Å². The molecule has 0 saturated carbocycles. The molecular weight excluding hydrogens is 377 g/mol. The highest BCUT2D eigenvalue weighted by atomic mass is 19.4. The number of ether oxygens (including phenoxy) is 1. The molecule has 9 heteroatoms. The quantitative estimate of drug-likeness (QED) is 0.685. The highest BCUT2D eigenvalue weighted by molar-refractivity contribution is 5.71. The molecule has 28 heavy (non-hydrogen) atoms. The second-order valence-corrected chi connectivity index (χ2v) is 7.43. The Hall–Kier alpha value is -1.87. The first-order chi connectivity index (χ1) is 13.1. The van der Waals surface area contributed by atoms with Gasteiger partial charge in [-0.15, -0.1) is 0 Å². The molecule has 0 spiro atoms. The SMILES string of the molecule is CCC(C)CC(C(=O)O)n1cc(CCN2CC(OC)C2)c(C(F)(F)F)cc1=O. The van der Waals surface area contributed by atoms with Gasteiger partial charge < -0.3 is 14.4 Å². The maximum Gasteiger partial charge on any atom is 0.416 e. The molecule has 2 rings (SSSR count). The van der Waals surface area contributed by atoms with Crippen LogP contribution in [-0.4, -0.2) is 53.4 Å². The van der Waals surface area contributed by atoms with Gasteiger partial charge in [0.2, 0.25) is 0 Å². The summed E-state index contributed by atoms with van der Waals surface area (Å²) in [6.45, 7) is 5.41. The van der Waals surface area contributed by atoms with E-state index in [0.29, 0.717) is 32.1 Å². The Labute approximate surface area is 161 Å². The lowest BCUT2D eigenvalue weighted by Gasteiger charge is -2.38. The molecule has 1 N–H and O–H groups in total. The van der Waals surface area contributed by atoms with Crippen molar-refractivity contribution < 1.29 is 27.8 Å². The van der Waals surface area contributed by atoms with E-state index < -0.39 is 29.3 Å². The summed E-state index contributed by atoms with van der Waals surface area (Å²) < 4.78 is 46.4. The summed E-state index contributed by atoms with van der Waals surface area (Å²) in [4.78, 5) is 26.0. The van der Waals surface area contributed by atoms with Gasteiger partial charge in [-0.05, 0) is 24.3 Å². The van der Waals surface area contributed by atoms with E-state index in [1.165, 1.54) is 0 Å². The average Bonchev–Trinajstić information content (AvgIpc) is 2.58. The second-order valence-electron chi connectivity index (χ2n) is 7.43. The summed E-state index contributed by atoms with van der Waals surface area (Å²) >= 11 is 0. The third-order valence-electron chi connectivity index (χ3n) is 5.37. The van der Waals surface area contributed by atoms with Crippen LogP contribution in [0.1, 0.15) is 43.9 Å². The third kappa shape index (κ3) is 5.35. The Kier molecular flexibility index (Phi) is 7.28. The van der Waals surface area contributed by atoms with Gasteiger partial charge in [0.25, 0.3) is 5.56 Å². The largest absolute Gasteiger partial charge is 0.480 e. The minimum absolute atomic E-state index is 0.0193. The van der Waals surface area contributed by atoms with Gasteiger partial charge in [-0.1, -0.05) is 20.3 Å². The molecule has 1 aliphatic rings. The van der Waals surface area contributed by atoms with Crippen LogP contribution in [-0.2, 0) is 22.1 Å². The molecule has 2 heterocycles. The summed E-state index contributed by atoms with van der Waals surface area (Å²) in [5.41, 5.74) is -2.01. The molecule has 0 radical (unpaired) electrons. The van der Waals surface area contributed by atoms with Crippen molar-refractivity contribution in [3.63, 3.8) is 0 Å². The van der Waals surface area contributed by atoms with Gasteiger partial charge in [0, 0.05) is 39.0 Å². The number of rotatable bonds is 9. The first-order valence-corrected chi connectivity index (χ1v) is 9.37. The Balaban J connectivity index is 2.33. The number of alkyl halides is 3. The van der Waals surface area contributed by atoms with E-state index in [4.69, 9.17) is 4.74 Å². The van der Waals surface area contributed by atoms with E-state index in [-0.39, 0.29) is 30.4 Å². The van der Waals surface area contributed by atoms with Crippen LogP contribution in [0.2, 0.25) is 0 Å². The molecule has 0 bridgehead atoms. The van der Waals surface area contributed by atoms with E-state index in [1.807, 2.05) is 18.7 Å². The Morgan fingerprint density at radius 3 is 2.54 bits per heavy atom. The monoisotopic (exact) mass is 404 g/mol. The zero-order chi connectivity index (χ0) is 21.1. The average molecular weight is 404 g/mol. The summed E-state index contributed by atoms with van der Waals surface area (Å²) in [5, 5.41) is 9.53. The molecule has 2 unspecified atom stereocenters. The van der Waals surface area contributed by atoms with Gasteiger partial charge in [0.05, 0.1) is 11.7 Å². The zero-order valence-corrected chi connectivity index (χ0v) is 16.3. The van der Waals surface area contributed by atoms with Crippen LogP contribution in [0.15, 0.2) is 17.1 Å². The molecule has 1 aliphatic heterocycles. The lowest BCUT2D eigenvalue weighted by atomic mass is 9.98. The number of hydrogen-bond donors (Lipinski definition) is 1. The maximum absolute atomic E-state index is 13.4. The number of hydrogen-bond acceptors (Lipinski definition) is 4. The van der Waals surface area contributed by atoms with Crippen LogP contribution < -0.4 is 5.56 Å². The molecule has 1 saturated heterocycles. The molecule has 6 nitrogen and oxygen atoms in total. The van der Waals surface area contributed by atoms with Crippen LogP contribution in [0.4, 0.5) is 13.2 Å². The number of halogens is 3. The van der Waals surface area contributed by atoms with Gasteiger partial charge in [0.15, 0.2) is 0 Å². The van der Waals surface area contributed by atoms with Crippen molar-refractivity contribution in [1.29, 1.82) is 0 Å². The van der Waals surface area contributed by atoms with E-state index in [1.54, 1.807) is 7.11 Å². The fourth-order valence-electron chi connectivity index (χ4n) is 3.31. The Morgan fingerprint density at radius 2 is 2.04 bits per heavy atom. The number of carbonyl (C=O) groups is 1. The zero-order valence-electron chi connectivity index (χ0n) is 16.3. The summed E-state index contributed by atoms with van der Waals surface area (Å²) in [6, 6.07) is -0.666. The lowest BCUT2D eigenvalue weighted by molar-refractivity contribution is -0.141. The number of likely N-dealkylation sites (tertiary alicyclic amines) is 1. The van der Waals surface area contributed by atoms with Gasteiger partial charge in [-0.2, -0.15) is 13.2 Å². The number of carboxylic acids is 1. The number of pyridine rings is 1. The summed E-state index contributed by atoms with van der Waals surface area (Å²) in [6.07, 6.45) is -2.54. The number of aliphatic carboxylic acids is 1.